The van der Waals surface area contributed by atoms with Crippen molar-refractivity contribution in [1.82, 2.24) is 4.31 Å². The standard InChI is InChI=1S/C15H22FNO3S/c1-11-8-14(16)9-12(2)15(11)21(18,19)17(3)10-13-4-6-20-7-5-13/h8-9,13H,4-7,10H2,1-3H3. The number of hydrogen-bond acceptors (Lipinski definition) is 3. The van der Waals surface area contributed by atoms with E-state index < -0.39 is 15.8 Å². The van der Waals surface area contributed by atoms with Crippen molar-refractivity contribution in [2.45, 2.75) is 31.6 Å². The van der Waals surface area contributed by atoms with Crippen LogP contribution in [0.3, 0.4) is 0 Å². The molecule has 1 aromatic rings. The van der Waals surface area contributed by atoms with Gasteiger partial charge < -0.3 is 4.74 Å². The van der Waals surface area contributed by atoms with Crippen LogP contribution in [0, 0.1) is 25.6 Å². The molecule has 1 heterocycles. The van der Waals surface area contributed by atoms with Crippen molar-refractivity contribution >= 4 is 10.0 Å². The minimum Gasteiger partial charge on any atom is -0.381 e. The summed E-state index contributed by atoms with van der Waals surface area (Å²) in [7, 11) is -2.00. The molecule has 0 atom stereocenters. The molecule has 0 saturated carbocycles. The number of nitrogens with zero attached hydrogens (tertiary/aromatic N) is 1. The number of ether oxygens (including phenoxy) is 1. The van der Waals surface area contributed by atoms with Crippen molar-refractivity contribution in [2.75, 3.05) is 26.8 Å². The lowest BCUT2D eigenvalue weighted by Crippen LogP contribution is -2.34. The molecule has 21 heavy (non-hydrogen) atoms. The summed E-state index contributed by atoms with van der Waals surface area (Å²) in [4.78, 5) is 0.221. The third kappa shape index (κ3) is 3.62. The maximum absolute atomic E-state index is 13.3. The van der Waals surface area contributed by atoms with E-state index in [1.807, 2.05) is 0 Å². The fourth-order valence-corrected chi connectivity index (χ4v) is 4.50. The minimum atomic E-state index is -3.59. The van der Waals surface area contributed by atoms with Crippen LogP contribution in [0.2, 0.25) is 0 Å². The highest BCUT2D eigenvalue weighted by atomic mass is 32.2. The lowest BCUT2D eigenvalue weighted by molar-refractivity contribution is 0.0620. The van der Waals surface area contributed by atoms with Crippen LogP contribution in [0.15, 0.2) is 17.0 Å². The summed E-state index contributed by atoms with van der Waals surface area (Å²) in [6.07, 6.45) is 1.75. The Kier molecular flexibility index (Phi) is 5.01. The van der Waals surface area contributed by atoms with Crippen molar-refractivity contribution in [2.24, 2.45) is 5.92 Å². The zero-order valence-corrected chi connectivity index (χ0v) is 13.5. The number of rotatable bonds is 4. The highest BCUT2D eigenvalue weighted by Gasteiger charge is 2.28. The van der Waals surface area contributed by atoms with Gasteiger partial charge in [-0.3, -0.25) is 0 Å². The van der Waals surface area contributed by atoms with E-state index >= 15 is 0 Å². The fraction of sp³-hybridized carbons (Fsp3) is 0.600. The Morgan fingerprint density at radius 2 is 1.76 bits per heavy atom. The van der Waals surface area contributed by atoms with E-state index in [9.17, 15) is 12.8 Å². The average Bonchev–Trinajstić information content (AvgIpc) is 2.38. The second kappa shape index (κ2) is 6.42. The van der Waals surface area contributed by atoms with Crippen molar-refractivity contribution < 1.29 is 17.5 Å². The molecule has 0 spiro atoms. The topological polar surface area (TPSA) is 46.6 Å². The van der Waals surface area contributed by atoms with Crippen LogP contribution >= 0.6 is 0 Å². The van der Waals surface area contributed by atoms with E-state index in [0.717, 1.165) is 12.8 Å². The third-order valence-electron chi connectivity index (χ3n) is 3.95. The monoisotopic (exact) mass is 315 g/mol. The molecule has 1 fully saturated rings. The van der Waals surface area contributed by atoms with Crippen molar-refractivity contribution in [3.63, 3.8) is 0 Å². The molecular formula is C15H22FNO3S. The maximum Gasteiger partial charge on any atom is 0.243 e. The smallest absolute Gasteiger partial charge is 0.243 e. The van der Waals surface area contributed by atoms with Crippen LogP contribution in [0.5, 0.6) is 0 Å². The average molecular weight is 315 g/mol. The molecule has 0 N–H and O–H groups in total. The van der Waals surface area contributed by atoms with Gasteiger partial charge in [0, 0.05) is 26.8 Å². The fourth-order valence-electron chi connectivity index (χ4n) is 2.85. The molecule has 0 amide bonds. The van der Waals surface area contributed by atoms with Crippen LogP contribution in [-0.2, 0) is 14.8 Å². The predicted octanol–water partition coefficient (Wildman–Crippen LogP) is 2.49. The van der Waals surface area contributed by atoms with Gasteiger partial charge in [0.2, 0.25) is 10.0 Å². The summed E-state index contributed by atoms with van der Waals surface area (Å²) in [5, 5.41) is 0. The number of halogens is 1. The molecule has 0 bridgehead atoms. The molecule has 4 nitrogen and oxygen atoms in total. The quantitative estimate of drug-likeness (QED) is 0.857. The van der Waals surface area contributed by atoms with Gasteiger partial charge in [0.25, 0.3) is 0 Å². The maximum atomic E-state index is 13.3. The Hall–Kier alpha value is -0.980. The molecule has 1 saturated heterocycles. The number of aryl methyl sites for hydroxylation is 2. The molecule has 1 aromatic carbocycles. The van der Waals surface area contributed by atoms with E-state index in [4.69, 9.17) is 4.74 Å². The van der Waals surface area contributed by atoms with Gasteiger partial charge in [-0.25, -0.2) is 17.1 Å². The minimum absolute atomic E-state index is 0.221. The van der Waals surface area contributed by atoms with Crippen LogP contribution in [-0.4, -0.2) is 39.5 Å². The predicted molar refractivity (Wildman–Crippen MR) is 79.2 cm³/mol. The highest BCUT2D eigenvalue weighted by Crippen LogP contribution is 2.26. The van der Waals surface area contributed by atoms with Gasteiger partial charge in [0.05, 0.1) is 4.90 Å². The second-order valence-corrected chi connectivity index (χ2v) is 7.69. The Morgan fingerprint density at radius 1 is 1.24 bits per heavy atom. The summed E-state index contributed by atoms with van der Waals surface area (Å²) < 4.78 is 45.5. The van der Waals surface area contributed by atoms with Gasteiger partial charge in [-0.2, -0.15) is 0 Å². The van der Waals surface area contributed by atoms with Crippen LogP contribution in [0.25, 0.3) is 0 Å². The zero-order valence-electron chi connectivity index (χ0n) is 12.7. The molecule has 1 aliphatic heterocycles. The molecule has 2 rings (SSSR count). The van der Waals surface area contributed by atoms with Crippen molar-refractivity contribution in [1.29, 1.82) is 0 Å². The largest absolute Gasteiger partial charge is 0.381 e. The molecule has 0 unspecified atom stereocenters. The molecule has 6 heteroatoms. The third-order valence-corrected chi connectivity index (χ3v) is 6.08. The lowest BCUT2D eigenvalue weighted by Gasteiger charge is -2.27. The van der Waals surface area contributed by atoms with Crippen LogP contribution in [0.1, 0.15) is 24.0 Å². The van der Waals surface area contributed by atoms with Crippen LogP contribution in [0.4, 0.5) is 4.39 Å². The first-order valence-corrected chi connectivity index (χ1v) is 8.57. The van der Waals surface area contributed by atoms with Gasteiger partial charge in [-0.15, -0.1) is 0 Å². The van der Waals surface area contributed by atoms with Crippen molar-refractivity contribution in [3.05, 3.63) is 29.1 Å². The Balaban J connectivity index is 2.24. The second-order valence-electron chi connectivity index (χ2n) is 5.71. The first kappa shape index (κ1) is 16.4. The highest BCUT2D eigenvalue weighted by molar-refractivity contribution is 7.89. The molecular weight excluding hydrogens is 293 g/mol. The summed E-state index contributed by atoms with van der Waals surface area (Å²) in [6, 6.07) is 2.53. The number of sulfonamides is 1. The van der Waals surface area contributed by atoms with E-state index in [0.29, 0.717) is 36.8 Å². The molecule has 0 aliphatic carbocycles. The SMILES string of the molecule is Cc1cc(F)cc(C)c1S(=O)(=O)N(C)CC1CCOCC1. The van der Waals surface area contributed by atoms with Crippen LogP contribution < -0.4 is 0 Å². The normalized spacial score (nSPS) is 17.4. The Morgan fingerprint density at radius 3 is 2.29 bits per heavy atom. The van der Waals surface area contributed by atoms with E-state index in [-0.39, 0.29) is 4.90 Å². The van der Waals surface area contributed by atoms with E-state index in [1.165, 1.54) is 16.4 Å². The zero-order chi connectivity index (χ0) is 15.6. The molecule has 0 radical (unpaired) electrons. The molecule has 0 aromatic heterocycles. The van der Waals surface area contributed by atoms with Gasteiger partial charge in [0.1, 0.15) is 5.82 Å². The van der Waals surface area contributed by atoms with Gasteiger partial charge in [-0.05, 0) is 55.9 Å². The number of hydrogen-bond donors (Lipinski definition) is 0. The molecule has 118 valence electrons. The number of benzene rings is 1. The first-order chi connectivity index (χ1) is 9.82. The summed E-state index contributed by atoms with van der Waals surface area (Å²) in [6.45, 7) is 5.11. The van der Waals surface area contributed by atoms with Gasteiger partial charge in [-0.1, -0.05) is 0 Å². The molecule has 1 aliphatic rings. The lowest BCUT2D eigenvalue weighted by atomic mass is 10.0. The van der Waals surface area contributed by atoms with E-state index in [2.05, 4.69) is 0 Å². The van der Waals surface area contributed by atoms with Gasteiger partial charge >= 0.3 is 0 Å². The van der Waals surface area contributed by atoms with Crippen molar-refractivity contribution in [3.8, 4) is 0 Å². The summed E-state index contributed by atoms with van der Waals surface area (Å²) >= 11 is 0. The summed E-state index contributed by atoms with van der Waals surface area (Å²) in [5.41, 5.74) is 0.901. The van der Waals surface area contributed by atoms with Gasteiger partial charge in [0.15, 0.2) is 0 Å². The first-order valence-electron chi connectivity index (χ1n) is 7.13. The summed E-state index contributed by atoms with van der Waals surface area (Å²) in [5.74, 6) is -0.0874. The Labute approximate surface area is 126 Å². The Bertz CT molecular complexity index is 586. The van der Waals surface area contributed by atoms with E-state index in [1.54, 1.807) is 20.9 Å².